The van der Waals surface area contributed by atoms with Gasteiger partial charge in [-0.1, -0.05) is 0 Å². The minimum atomic E-state index is -1.04. The van der Waals surface area contributed by atoms with Crippen LogP contribution in [-0.4, -0.2) is 18.3 Å². The maximum atomic E-state index is 10.9. The second kappa shape index (κ2) is 3.19. The molecule has 1 amide bonds. The highest BCUT2D eigenvalue weighted by atomic mass is 16.6. The highest BCUT2D eigenvalue weighted by molar-refractivity contribution is 5.73. The van der Waals surface area contributed by atoms with Crippen LogP contribution >= 0.6 is 0 Å². The lowest BCUT2D eigenvalue weighted by Crippen LogP contribution is -2.35. The van der Waals surface area contributed by atoms with Crippen LogP contribution in [0.15, 0.2) is 18.2 Å². The van der Waals surface area contributed by atoms with Gasteiger partial charge in [0.05, 0.1) is 7.11 Å². The van der Waals surface area contributed by atoms with E-state index in [2.05, 4.69) is 5.32 Å². The summed E-state index contributed by atoms with van der Waals surface area (Å²) in [6, 6.07) is 4.85. The average molecular weight is 195 g/mol. The third-order valence-electron chi connectivity index (χ3n) is 1.97. The molecule has 1 aromatic carbocycles. The number of benzene rings is 1. The van der Waals surface area contributed by atoms with Crippen molar-refractivity contribution in [3.63, 3.8) is 0 Å². The molecule has 5 nitrogen and oxygen atoms in total. The Kier molecular flexibility index (Phi) is 2.01. The molecular formula is C9H9NO4. The van der Waals surface area contributed by atoms with E-state index in [0.717, 1.165) is 0 Å². The van der Waals surface area contributed by atoms with E-state index < -0.39 is 12.3 Å². The van der Waals surface area contributed by atoms with Crippen molar-refractivity contribution in [2.24, 2.45) is 0 Å². The first-order valence-corrected chi connectivity index (χ1v) is 4.05. The van der Waals surface area contributed by atoms with Gasteiger partial charge in [0.25, 0.3) is 0 Å². The van der Waals surface area contributed by atoms with E-state index in [1.165, 1.54) is 7.11 Å². The summed E-state index contributed by atoms with van der Waals surface area (Å²) < 4.78 is 9.81. The lowest BCUT2D eigenvalue weighted by molar-refractivity contribution is 0.108. The summed E-state index contributed by atoms with van der Waals surface area (Å²) in [5.41, 5.74) is 0.490. The smallest absolute Gasteiger partial charge is 0.414 e. The molecule has 0 fully saturated rings. The van der Waals surface area contributed by atoms with E-state index in [1.807, 2.05) is 0 Å². The Labute approximate surface area is 80.3 Å². The summed E-state index contributed by atoms with van der Waals surface area (Å²) in [5, 5.41) is 11.7. The maximum absolute atomic E-state index is 10.9. The largest absolute Gasteiger partial charge is 0.497 e. The Morgan fingerprint density at radius 1 is 1.57 bits per heavy atom. The van der Waals surface area contributed by atoms with Crippen molar-refractivity contribution in [1.29, 1.82) is 0 Å². The van der Waals surface area contributed by atoms with Gasteiger partial charge in [0.2, 0.25) is 0 Å². The first-order valence-electron chi connectivity index (χ1n) is 4.05. The molecule has 0 bridgehead atoms. The van der Waals surface area contributed by atoms with Crippen LogP contribution in [0.3, 0.4) is 0 Å². The summed E-state index contributed by atoms with van der Waals surface area (Å²) in [7, 11) is 1.52. The normalized spacial score (nSPS) is 19.3. The Morgan fingerprint density at radius 3 is 3.07 bits per heavy atom. The molecule has 1 atom stereocenters. The second-order valence-electron chi connectivity index (χ2n) is 2.84. The van der Waals surface area contributed by atoms with Crippen molar-refractivity contribution in [2.75, 3.05) is 7.11 Å². The summed E-state index contributed by atoms with van der Waals surface area (Å²) in [6.45, 7) is 0. The maximum Gasteiger partial charge on any atom is 0.414 e. The first-order chi connectivity index (χ1) is 6.70. The molecule has 1 aliphatic rings. The minimum Gasteiger partial charge on any atom is -0.497 e. The van der Waals surface area contributed by atoms with Crippen LogP contribution in [0.5, 0.6) is 11.5 Å². The first kappa shape index (κ1) is 8.83. The number of rotatable bonds is 1. The quantitative estimate of drug-likeness (QED) is 0.695. The van der Waals surface area contributed by atoms with Crippen molar-refractivity contribution in [1.82, 2.24) is 5.32 Å². The molecule has 0 spiro atoms. The van der Waals surface area contributed by atoms with Gasteiger partial charge in [-0.2, -0.15) is 0 Å². The molecule has 0 unspecified atom stereocenters. The molecular weight excluding hydrogens is 186 g/mol. The number of carbonyl (C=O) groups excluding carboxylic acids is 1. The van der Waals surface area contributed by atoms with Crippen LogP contribution in [0, 0.1) is 0 Å². The molecule has 0 saturated heterocycles. The van der Waals surface area contributed by atoms with Crippen LogP contribution in [-0.2, 0) is 0 Å². The molecule has 0 radical (unpaired) electrons. The highest BCUT2D eigenvalue weighted by Crippen LogP contribution is 2.30. The van der Waals surface area contributed by atoms with Gasteiger partial charge in [-0.15, -0.1) is 0 Å². The lowest BCUT2D eigenvalue weighted by atomic mass is 10.1. The number of aliphatic hydroxyl groups is 1. The van der Waals surface area contributed by atoms with E-state index in [1.54, 1.807) is 18.2 Å². The highest BCUT2D eigenvalue weighted by Gasteiger charge is 2.24. The molecule has 74 valence electrons. The zero-order valence-electron chi connectivity index (χ0n) is 7.48. The van der Waals surface area contributed by atoms with Gasteiger partial charge in [0.15, 0.2) is 6.23 Å². The fourth-order valence-electron chi connectivity index (χ4n) is 1.28. The van der Waals surface area contributed by atoms with Crippen molar-refractivity contribution >= 4 is 6.09 Å². The lowest BCUT2D eigenvalue weighted by Gasteiger charge is -2.22. The molecule has 0 saturated carbocycles. The van der Waals surface area contributed by atoms with Crippen LogP contribution in [0.1, 0.15) is 11.8 Å². The predicted octanol–water partition coefficient (Wildman–Crippen LogP) is 0.788. The third kappa shape index (κ3) is 1.38. The molecule has 1 heterocycles. The molecule has 0 aromatic heterocycles. The molecule has 2 rings (SSSR count). The third-order valence-corrected chi connectivity index (χ3v) is 1.97. The Morgan fingerprint density at radius 2 is 2.36 bits per heavy atom. The molecule has 5 heteroatoms. The van der Waals surface area contributed by atoms with Crippen molar-refractivity contribution in [3.05, 3.63) is 23.8 Å². The zero-order valence-corrected chi connectivity index (χ0v) is 7.48. The number of hydrogen-bond acceptors (Lipinski definition) is 4. The van der Waals surface area contributed by atoms with Gasteiger partial charge in [-0.3, -0.25) is 5.32 Å². The van der Waals surface area contributed by atoms with Crippen molar-refractivity contribution in [2.45, 2.75) is 6.23 Å². The van der Waals surface area contributed by atoms with Crippen LogP contribution in [0.4, 0.5) is 4.79 Å². The van der Waals surface area contributed by atoms with Gasteiger partial charge in [0.1, 0.15) is 11.5 Å². The van der Waals surface area contributed by atoms with E-state index in [-0.39, 0.29) is 0 Å². The van der Waals surface area contributed by atoms with E-state index in [4.69, 9.17) is 9.47 Å². The van der Waals surface area contributed by atoms with Gasteiger partial charge in [-0.05, 0) is 18.2 Å². The Balaban J connectivity index is 2.44. The number of amides is 1. The number of aliphatic hydroxyl groups excluding tert-OH is 1. The number of hydrogen-bond donors (Lipinski definition) is 2. The van der Waals surface area contributed by atoms with E-state index in [9.17, 15) is 9.90 Å². The van der Waals surface area contributed by atoms with Gasteiger partial charge < -0.3 is 14.6 Å². The van der Waals surface area contributed by atoms with Gasteiger partial charge >= 0.3 is 6.09 Å². The zero-order chi connectivity index (χ0) is 10.1. The standard InChI is InChI=1S/C9H9NO4/c1-13-5-2-3-7-6(4-5)8(11)10-9(12)14-7/h2-4,8,11H,1H3,(H,10,12)/t8-/m0/s1. The van der Waals surface area contributed by atoms with Crippen LogP contribution in [0.2, 0.25) is 0 Å². The van der Waals surface area contributed by atoms with Crippen molar-refractivity contribution < 1.29 is 19.4 Å². The fourth-order valence-corrected chi connectivity index (χ4v) is 1.28. The number of methoxy groups -OCH3 is 1. The molecule has 14 heavy (non-hydrogen) atoms. The molecule has 0 aliphatic carbocycles. The fraction of sp³-hybridized carbons (Fsp3) is 0.222. The van der Waals surface area contributed by atoms with Gasteiger partial charge in [0, 0.05) is 5.56 Å². The molecule has 1 aromatic rings. The number of nitrogens with one attached hydrogen (secondary N) is 1. The van der Waals surface area contributed by atoms with E-state index in [0.29, 0.717) is 17.1 Å². The summed E-state index contributed by atoms with van der Waals surface area (Å²) in [6.07, 6.45) is -1.70. The Hall–Kier alpha value is -1.75. The summed E-state index contributed by atoms with van der Waals surface area (Å²) in [4.78, 5) is 10.9. The molecule has 1 aliphatic heterocycles. The monoisotopic (exact) mass is 195 g/mol. The average Bonchev–Trinajstić information content (AvgIpc) is 2.17. The number of carbonyl (C=O) groups is 1. The topological polar surface area (TPSA) is 67.8 Å². The van der Waals surface area contributed by atoms with Gasteiger partial charge in [-0.25, -0.2) is 4.79 Å². The SMILES string of the molecule is COc1ccc2c(c1)[C@H](O)NC(=O)O2. The Bertz CT molecular complexity index is 377. The summed E-state index contributed by atoms with van der Waals surface area (Å²) in [5.74, 6) is 0.949. The second-order valence-corrected chi connectivity index (χ2v) is 2.84. The predicted molar refractivity (Wildman–Crippen MR) is 47.1 cm³/mol. The number of fused-ring (bicyclic) bond motifs is 1. The van der Waals surface area contributed by atoms with E-state index >= 15 is 0 Å². The van der Waals surface area contributed by atoms with Crippen LogP contribution in [0.25, 0.3) is 0 Å². The van der Waals surface area contributed by atoms with Crippen LogP contribution < -0.4 is 14.8 Å². The minimum absolute atomic E-state index is 0.349. The van der Waals surface area contributed by atoms with Crippen molar-refractivity contribution in [3.8, 4) is 11.5 Å². The molecule has 2 N–H and O–H groups in total. The summed E-state index contributed by atoms with van der Waals surface area (Å²) >= 11 is 0. The number of ether oxygens (including phenoxy) is 2.